The van der Waals surface area contributed by atoms with Crippen molar-refractivity contribution in [3.63, 3.8) is 0 Å². The van der Waals surface area contributed by atoms with Crippen LogP contribution in [-0.2, 0) is 9.47 Å². The van der Waals surface area contributed by atoms with E-state index in [1.165, 1.54) is 0 Å². The lowest BCUT2D eigenvalue weighted by atomic mass is 10.0. The van der Waals surface area contributed by atoms with E-state index < -0.39 is 0 Å². The highest BCUT2D eigenvalue weighted by Gasteiger charge is 2.15. The summed E-state index contributed by atoms with van der Waals surface area (Å²) in [7, 11) is 0. The first-order chi connectivity index (χ1) is 19.8. The molecule has 0 unspecified atom stereocenters. The van der Waals surface area contributed by atoms with Crippen LogP contribution in [0.15, 0.2) is 180 Å². The van der Waals surface area contributed by atoms with E-state index in [0.717, 1.165) is 56.4 Å². The van der Waals surface area contributed by atoms with Crippen LogP contribution in [0.25, 0.3) is 23.0 Å². The molecule has 190 valence electrons. The van der Waals surface area contributed by atoms with Crippen LogP contribution in [-0.4, -0.2) is 0 Å². The van der Waals surface area contributed by atoms with Gasteiger partial charge in [0.2, 0.25) is 0 Å². The lowest BCUT2D eigenvalue weighted by molar-refractivity contribution is 0.466. The van der Waals surface area contributed by atoms with Crippen molar-refractivity contribution in [2.24, 2.45) is 0 Å². The van der Waals surface area contributed by atoms with E-state index in [1.807, 2.05) is 134 Å². The fraction of sp³-hybridized carbons (Fsp3) is 0. The Balaban J connectivity index is 1.38. The third kappa shape index (κ3) is 5.96. The number of allylic oxidation sites excluding steroid dienone is 8. The molecule has 0 saturated carbocycles. The molecule has 2 heteroatoms. The lowest BCUT2D eigenvalue weighted by Crippen LogP contribution is -1.99. The Morgan fingerprint density at radius 2 is 0.775 bits per heavy atom. The molecule has 2 nitrogen and oxygen atoms in total. The lowest BCUT2D eigenvalue weighted by Gasteiger charge is -2.18. The van der Waals surface area contributed by atoms with Gasteiger partial charge in [-0.05, 0) is 42.0 Å². The van der Waals surface area contributed by atoms with Gasteiger partial charge in [0.25, 0.3) is 0 Å². The zero-order valence-corrected chi connectivity index (χ0v) is 21.8. The van der Waals surface area contributed by atoms with Gasteiger partial charge in [-0.3, -0.25) is 0 Å². The third-order valence-corrected chi connectivity index (χ3v) is 6.42. The van der Waals surface area contributed by atoms with Gasteiger partial charge in [0.05, 0.1) is 0 Å². The van der Waals surface area contributed by atoms with Gasteiger partial charge >= 0.3 is 0 Å². The smallest absolute Gasteiger partial charge is 0.135 e. The van der Waals surface area contributed by atoms with E-state index in [0.29, 0.717) is 0 Å². The second-order valence-electron chi connectivity index (χ2n) is 9.26. The van der Waals surface area contributed by atoms with Gasteiger partial charge < -0.3 is 9.47 Å². The summed E-state index contributed by atoms with van der Waals surface area (Å²) in [4.78, 5) is 0. The molecule has 2 aliphatic heterocycles. The maximum atomic E-state index is 6.30. The standard InChI is InChI=1S/C38H26O2/c1-5-17-31(18-6-1)35-25-29(26-36(39-35)32-19-7-2-8-20-32)15-13-14-16-30-27-37(33-21-9-3-10-22-33)40-38(28-30)34-23-11-4-12-24-34/h1-13,15,17-28H. The maximum absolute atomic E-state index is 6.30. The van der Waals surface area contributed by atoms with Gasteiger partial charge in [0, 0.05) is 27.8 Å². The summed E-state index contributed by atoms with van der Waals surface area (Å²) in [6, 6.07) is 40.5. The van der Waals surface area contributed by atoms with Crippen molar-refractivity contribution in [3.8, 4) is 0 Å². The SMILES string of the molecule is C(=C=C1C=C(c2ccccc2)OC(c2ccccc2)=C1)=CC=C1C=C(c2ccccc2)OC(c2ccccc2)=C1. The Kier molecular flexibility index (Phi) is 7.38. The van der Waals surface area contributed by atoms with Crippen LogP contribution in [0.4, 0.5) is 0 Å². The molecule has 0 spiro atoms. The molecule has 0 bridgehead atoms. The molecular formula is C38H26O2. The van der Waals surface area contributed by atoms with E-state index in [1.54, 1.807) is 0 Å². The molecule has 2 aliphatic rings. The van der Waals surface area contributed by atoms with E-state index in [9.17, 15) is 0 Å². The van der Waals surface area contributed by atoms with Crippen molar-refractivity contribution in [1.29, 1.82) is 0 Å². The Bertz CT molecular complexity index is 1640. The topological polar surface area (TPSA) is 18.5 Å². The Morgan fingerprint density at radius 3 is 1.15 bits per heavy atom. The van der Waals surface area contributed by atoms with Crippen molar-refractivity contribution in [2.75, 3.05) is 0 Å². The number of rotatable bonds is 5. The predicted molar refractivity (Wildman–Crippen MR) is 163 cm³/mol. The van der Waals surface area contributed by atoms with Crippen LogP contribution in [0.2, 0.25) is 0 Å². The molecule has 6 rings (SSSR count). The largest absolute Gasteiger partial charge is 0.456 e. The molecular weight excluding hydrogens is 488 g/mol. The molecule has 4 aromatic carbocycles. The number of hydrogen-bond donors (Lipinski definition) is 0. The molecule has 0 fully saturated rings. The first-order valence-corrected chi connectivity index (χ1v) is 13.2. The third-order valence-electron chi connectivity index (χ3n) is 6.42. The fourth-order valence-electron chi connectivity index (χ4n) is 4.43. The molecule has 0 amide bonds. The summed E-state index contributed by atoms with van der Waals surface area (Å²) in [6.07, 6.45) is 12.0. The Labute approximate surface area is 234 Å². The molecule has 2 heterocycles. The van der Waals surface area contributed by atoms with Crippen LogP contribution < -0.4 is 0 Å². The first-order valence-electron chi connectivity index (χ1n) is 13.2. The molecule has 0 radical (unpaired) electrons. The molecule has 0 saturated heterocycles. The minimum absolute atomic E-state index is 0.778. The fourth-order valence-corrected chi connectivity index (χ4v) is 4.43. The van der Waals surface area contributed by atoms with Crippen molar-refractivity contribution in [1.82, 2.24) is 0 Å². The number of benzene rings is 4. The molecule has 0 atom stereocenters. The molecule has 4 aromatic rings. The average molecular weight is 515 g/mol. The maximum Gasteiger partial charge on any atom is 0.135 e. The van der Waals surface area contributed by atoms with E-state index in [-0.39, 0.29) is 0 Å². The molecule has 0 N–H and O–H groups in total. The minimum atomic E-state index is 0.778. The summed E-state index contributed by atoms with van der Waals surface area (Å²) in [6.45, 7) is 0. The second-order valence-corrected chi connectivity index (χ2v) is 9.26. The van der Waals surface area contributed by atoms with Gasteiger partial charge in [0.15, 0.2) is 0 Å². The highest BCUT2D eigenvalue weighted by atomic mass is 16.5. The summed E-state index contributed by atoms with van der Waals surface area (Å²) in [5.41, 5.74) is 12.5. The zero-order chi connectivity index (χ0) is 27.0. The zero-order valence-electron chi connectivity index (χ0n) is 21.8. The van der Waals surface area contributed by atoms with Gasteiger partial charge in [-0.15, -0.1) is 0 Å². The highest BCUT2D eigenvalue weighted by Crippen LogP contribution is 2.33. The Morgan fingerprint density at radius 1 is 0.425 bits per heavy atom. The van der Waals surface area contributed by atoms with Gasteiger partial charge in [-0.1, -0.05) is 133 Å². The summed E-state index contributed by atoms with van der Waals surface area (Å²) in [5, 5.41) is 0. The van der Waals surface area contributed by atoms with E-state index >= 15 is 0 Å². The van der Waals surface area contributed by atoms with Crippen molar-refractivity contribution in [2.45, 2.75) is 0 Å². The minimum Gasteiger partial charge on any atom is -0.456 e. The van der Waals surface area contributed by atoms with Crippen LogP contribution in [0.5, 0.6) is 0 Å². The monoisotopic (exact) mass is 514 g/mol. The summed E-state index contributed by atoms with van der Waals surface area (Å²) >= 11 is 0. The van der Waals surface area contributed by atoms with Gasteiger partial charge in [-0.2, -0.15) is 0 Å². The molecule has 0 aromatic heterocycles. The summed E-state index contributed by atoms with van der Waals surface area (Å²) < 4.78 is 12.6. The normalized spacial score (nSPS) is 14.2. The quantitative estimate of drug-likeness (QED) is 0.247. The van der Waals surface area contributed by atoms with Crippen LogP contribution in [0.3, 0.4) is 0 Å². The van der Waals surface area contributed by atoms with Crippen LogP contribution in [0.1, 0.15) is 22.3 Å². The summed E-state index contributed by atoms with van der Waals surface area (Å²) in [5.74, 6) is 3.17. The van der Waals surface area contributed by atoms with Crippen molar-refractivity contribution >= 4 is 23.0 Å². The highest BCUT2D eigenvalue weighted by molar-refractivity contribution is 5.78. The van der Waals surface area contributed by atoms with Crippen LogP contribution >= 0.6 is 0 Å². The molecule has 0 aliphatic carbocycles. The van der Waals surface area contributed by atoms with E-state index in [2.05, 4.69) is 35.7 Å². The number of hydrogen-bond acceptors (Lipinski definition) is 2. The van der Waals surface area contributed by atoms with Gasteiger partial charge in [-0.25, -0.2) is 0 Å². The Hall–Kier alpha value is -5.52. The average Bonchev–Trinajstić information content (AvgIpc) is 3.04. The van der Waals surface area contributed by atoms with E-state index in [4.69, 9.17) is 9.47 Å². The van der Waals surface area contributed by atoms with Crippen LogP contribution in [0, 0.1) is 0 Å². The number of ether oxygens (including phenoxy) is 2. The van der Waals surface area contributed by atoms with Gasteiger partial charge in [0.1, 0.15) is 23.0 Å². The predicted octanol–water partition coefficient (Wildman–Crippen LogP) is 9.37. The second kappa shape index (κ2) is 11.9. The van der Waals surface area contributed by atoms with Crippen molar-refractivity contribution < 1.29 is 9.47 Å². The van der Waals surface area contributed by atoms with Crippen molar-refractivity contribution in [3.05, 3.63) is 203 Å². The molecule has 40 heavy (non-hydrogen) atoms. The first kappa shape index (κ1) is 24.8.